The van der Waals surface area contributed by atoms with E-state index in [-0.39, 0.29) is 11.1 Å². The van der Waals surface area contributed by atoms with Crippen molar-refractivity contribution in [3.8, 4) is 34.1 Å². The number of thioether (sulfide) groups is 1. The van der Waals surface area contributed by atoms with Crippen molar-refractivity contribution in [3.05, 3.63) is 82.9 Å². The predicted molar refractivity (Wildman–Crippen MR) is 102 cm³/mol. The Morgan fingerprint density at radius 1 is 0.719 bits per heavy atom. The molecule has 0 bridgehead atoms. The van der Waals surface area contributed by atoms with Crippen LogP contribution in [0.1, 0.15) is 11.1 Å². The summed E-state index contributed by atoms with van der Waals surface area (Å²) in [5.74, 6) is -1.50. The first-order valence-corrected chi connectivity index (χ1v) is 9.31. The van der Waals surface area contributed by atoms with Crippen molar-refractivity contribution >= 4 is 11.8 Å². The van der Waals surface area contributed by atoms with Gasteiger partial charge in [-0.2, -0.15) is 5.26 Å². The molecule has 0 saturated carbocycles. The average molecular weight is 467 g/mol. The van der Waals surface area contributed by atoms with Crippen molar-refractivity contribution in [3.63, 3.8) is 0 Å². The Balaban J connectivity index is 1.83. The molecular weight excluding hydrogens is 459 g/mol. The highest BCUT2D eigenvalue weighted by molar-refractivity contribution is 8.03. The molecular formula is C22H8F7NOS. The SMILES string of the molecule is N#CSc1c(F)cc(-c2ccc(C#Cc3cc(F)c(OC(F)(F)F)c(F)c3)cc2)cc1F. The van der Waals surface area contributed by atoms with Gasteiger partial charge in [0.15, 0.2) is 11.6 Å². The number of halogens is 7. The van der Waals surface area contributed by atoms with Gasteiger partial charge in [0.05, 0.1) is 4.90 Å². The Bertz CT molecular complexity index is 1220. The third kappa shape index (κ3) is 5.54. The van der Waals surface area contributed by atoms with Gasteiger partial charge in [0, 0.05) is 11.1 Å². The van der Waals surface area contributed by atoms with Gasteiger partial charge in [0.25, 0.3) is 0 Å². The van der Waals surface area contributed by atoms with Crippen molar-refractivity contribution in [1.82, 2.24) is 0 Å². The zero-order valence-corrected chi connectivity index (χ0v) is 16.3. The fourth-order valence-electron chi connectivity index (χ4n) is 2.61. The van der Waals surface area contributed by atoms with Crippen LogP contribution < -0.4 is 4.74 Å². The molecule has 0 aliphatic rings. The van der Waals surface area contributed by atoms with Gasteiger partial charge in [-0.05, 0) is 59.3 Å². The number of ether oxygens (including phenoxy) is 1. The number of hydrogen-bond donors (Lipinski definition) is 0. The van der Waals surface area contributed by atoms with Crippen LogP contribution in [0.2, 0.25) is 0 Å². The first kappa shape index (κ1) is 23.0. The summed E-state index contributed by atoms with van der Waals surface area (Å²) in [6, 6.07) is 9.27. The molecule has 0 radical (unpaired) electrons. The quantitative estimate of drug-likeness (QED) is 0.184. The standard InChI is InChI=1S/C22H8F7NOS/c23-16-7-13(8-17(24)20(16)31-22(27,28)29)2-1-12-3-5-14(6-4-12)15-9-18(25)21(32-11-30)19(26)10-15/h3-10H. The second-order valence-corrected chi connectivity index (χ2v) is 6.90. The molecule has 0 spiro atoms. The molecule has 3 aromatic rings. The predicted octanol–water partition coefficient (Wildman–Crippen LogP) is 6.78. The van der Waals surface area contributed by atoms with Gasteiger partial charge in [0.2, 0.25) is 5.75 Å². The Hall–Kier alpha value is -3.63. The molecule has 3 rings (SSSR count). The second-order valence-electron chi connectivity index (χ2n) is 6.11. The van der Waals surface area contributed by atoms with Crippen LogP contribution in [-0.2, 0) is 0 Å². The van der Waals surface area contributed by atoms with Gasteiger partial charge in [-0.15, -0.1) is 13.2 Å². The summed E-state index contributed by atoms with van der Waals surface area (Å²) in [6.07, 6.45) is -5.25. The minimum absolute atomic E-state index is 0.214. The van der Waals surface area contributed by atoms with Crippen LogP contribution in [0.5, 0.6) is 5.75 Å². The van der Waals surface area contributed by atoms with E-state index in [1.54, 1.807) is 5.40 Å². The number of nitriles is 1. The summed E-state index contributed by atoms with van der Waals surface area (Å²) in [4.78, 5) is -0.412. The highest BCUT2D eigenvalue weighted by Crippen LogP contribution is 2.31. The summed E-state index contributed by atoms with van der Waals surface area (Å²) in [5, 5.41) is 10.2. The molecule has 162 valence electrons. The maximum absolute atomic E-state index is 14.0. The van der Waals surface area contributed by atoms with E-state index < -0.39 is 40.3 Å². The lowest BCUT2D eigenvalue weighted by Crippen LogP contribution is -2.19. The first-order chi connectivity index (χ1) is 15.1. The number of alkyl halides is 3. The summed E-state index contributed by atoms with van der Waals surface area (Å²) >= 11 is 0.365. The lowest BCUT2D eigenvalue weighted by atomic mass is 10.0. The first-order valence-electron chi connectivity index (χ1n) is 8.49. The molecule has 0 aromatic heterocycles. The van der Waals surface area contributed by atoms with Crippen molar-refractivity contribution in [2.75, 3.05) is 0 Å². The Morgan fingerprint density at radius 2 is 1.25 bits per heavy atom. The maximum Gasteiger partial charge on any atom is 0.573 e. The fourth-order valence-corrected chi connectivity index (χ4v) is 3.01. The molecule has 0 aliphatic carbocycles. The maximum atomic E-state index is 14.0. The monoisotopic (exact) mass is 467 g/mol. The van der Waals surface area contributed by atoms with Gasteiger partial charge in [-0.25, -0.2) is 17.6 Å². The van der Waals surface area contributed by atoms with E-state index in [0.717, 1.165) is 12.1 Å². The number of benzene rings is 3. The largest absolute Gasteiger partial charge is 0.573 e. The molecule has 10 heteroatoms. The van der Waals surface area contributed by atoms with Crippen LogP contribution in [0.4, 0.5) is 30.7 Å². The average Bonchev–Trinajstić information content (AvgIpc) is 2.71. The smallest absolute Gasteiger partial charge is 0.399 e. The summed E-state index contributed by atoms with van der Waals surface area (Å²) < 4.78 is 95.3. The van der Waals surface area contributed by atoms with E-state index in [1.807, 2.05) is 0 Å². The van der Waals surface area contributed by atoms with Crippen LogP contribution >= 0.6 is 11.8 Å². The molecule has 0 heterocycles. The van der Waals surface area contributed by atoms with E-state index in [2.05, 4.69) is 16.6 Å². The summed E-state index contributed by atoms with van der Waals surface area (Å²) in [7, 11) is 0. The summed E-state index contributed by atoms with van der Waals surface area (Å²) in [5.41, 5.74) is 0.787. The number of hydrogen-bond acceptors (Lipinski definition) is 3. The van der Waals surface area contributed by atoms with Gasteiger partial charge < -0.3 is 4.74 Å². The normalized spacial score (nSPS) is 10.8. The van der Waals surface area contributed by atoms with Crippen molar-refractivity contribution in [1.29, 1.82) is 5.26 Å². The van der Waals surface area contributed by atoms with E-state index in [4.69, 9.17) is 5.26 Å². The molecule has 0 fully saturated rings. The molecule has 0 aliphatic heterocycles. The molecule has 2 nitrogen and oxygen atoms in total. The van der Waals surface area contributed by atoms with Crippen LogP contribution in [0.15, 0.2) is 53.4 Å². The molecule has 0 atom stereocenters. The van der Waals surface area contributed by atoms with Crippen LogP contribution in [0.3, 0.4) is 0 Å². The number of thiocyanates is 1. The molecule has 0 saturated heterocycles. The van der Waals surface area contributed by atoms with Crippen LogP contribution in [0, 0.1) is 45.8 Å². The van der Waals surface area contributed by atoms with Crippen molar-refractivity contribution < 1.29 is 35.5 Å². The minimum atomic E-state index is -5.25. The second kappa shape index (κ2) is 9.25. The highest BCUT2D eigenvalue weighted by Gasteiger charge is 2.34. The lowest BCUT2D eigenvalue weighted by molar-refractivity contribution is -0.276. The van der Waals surface area contributed by atoms with Crippen molar-refractivity contribution in [2.45, 2.75) is 11.3 Å². The molecule has 3 aromatic carbocycles. The number of rotatable bonds is 3. The van der Waals surface area contributed by atoms with E-state index >= 15 is 0 Å². The van der Waals surface area contributed by atoms with Gasteiger partial charge in [-0.1, -0.05) is 24.0 Å². The summed E-state index contributed by atoms with van der Waals surface area (Å²) in [6.45, 7) is 0. The lowest BCUT2D eigenvalue weighted by Gasteiger charge is -2.10. The highest BCUT2D eigenvalue weighted by atomic mass is 32.2. The molecule has 32 heavy (non-hydrogen) atoms. The van der Waals surface area contributed by atoms with Crippen LogP contribution in [-0.4, -0.2) is 6.36 Å². The van der Waals surface area contributed by atoms with E-state index in [0.29, 0.717) is 35.0 Å². The van der Waals surface area contributed by atoms with Gasteiger partial charge in [-0.3, -0.25) is 0 Å². The molecule has 0 N–H and O–H groups in total. The van der Waals surface area contributed by atoms with Crippen LogP contribution in [0.25, 0.3) is 11.1 Å². The number of nitrogens with zero attached hydrogens (tertiary/aromatic N) is 1. The van der Waals surface area contributed by atoms with E-state index in [9.17, 15) is 30.7 Å². The zero-order chi connectivity index (χ0) is 23.5. The zero-order valence-electron chi connectivity index (χ0n) is 15.5. The van der Waals surface area contributed by atoms with Crippen molar-refractivity contribution in [2.24, 2.45) is 0 Å². The van der Waals surface area contributed by atoms with E-state index in [1.165, 1.54) is 24.3 Å². The molecule has 0 amide bonds. The third-order valence-corrected chi connectivity index (χ3v) is 4.62. The Labute approximate surface area is 181 Å². The minimum Gasteiger partial charge on any atom is -0.399 e. The molecule has 0 unspecified atom stereocenters. The fraction of sp³-hybridized carbons (Fsp3) is 0.0455. The topological polar surface area (TPSA) is 33.0 Å². The van der Waals surface area contributed by atoms with Gasteiger partial charge in [0.1, 0.15) is 17.0 Å². The van der Waals surface area contributed by atoms with Gasteiger partial charge >= 0.3 is 6.36 Å². The third-order valence-electron chi connectivity index (χ3n) is 3.93. The Morgan fingerprint density at radius 3 is 1.75 bits per heavy atom. The Kier molecular flexibility index (Phi) is 6.66.